The molecule has 1 fully saturated rings. The highest BCUT2D eigenvalue weighted by molar-refractivity contribution is 4.92. The molecule has 11 heavy (non-hydrogen) atoms. The van der Waals surface area contributed by atoms with E-state index >= 15 is 0 Å². The summed E-state index contributed by atoms with van der Waals surface area (Å²) in [5, 5.41) is 9.74. The zero-order valence-electron chi connectivity index (χ0n) is 7.96. The highest BCUT2D eigenvalue weighted by Gasteiger charge is 2.37. The van der Waals surface area contributed by atoms with Crippen molar-refractivity contribution in [3.05, 3.63) is 0 Å². The number of likely N-dealkylation sites (tertiary alicyclic amines) is 1. The van der Waals surface area contributed by atoms with Crippen LogP contribution in [-0.2, 0) is 0 Å². The number of likely N-dealkylation sites (N-methyl/N-ethyl adjacent to an activating group) is 1. The highest BCUT2D eigenvalue weighted by atomic mass is 16.3. The first-order valence-electron chi connectivity index (χ1n) is 4.34. The van der Waals surface area contributed by atoms with E-state index in [4.69, 9.17) is 0 Å². The monoisotopic (exact) mass is 157 g/mol. The van der Waals surface area contributed by atoms with Crippen molar-refractivity contribution >= 4 is 0 Å². The number of rotatable bonds is 0. The Hall–Kier alpha value is -0.0800. The van der Waals surface area contributed by atoms with Crippen molar-refractivity contribution in [2.75, 3.05) is 13.6 Å². The normalized spacial score (nSPS) is 39.0. The Morgan fingerprint density at radius 2 is 2.00 bits per heavy atom. The summed E-state index contributed by atoms with van der Waals surface area (Å²) in [7, 11) is 2.08. The number of piperidine rings is 1. The first kappa shape index (κ1) is 9.01. The van der Waals surface area contributed by atoms with Crippen LogP contribution in [0.4, 0.5) is 0 Å². The van der Waals surface area contributed by atoms with Gasteiger partial charge in [-0.25, -0.2) is 0 Å². The van der Waals surface area contributed by atoms with Gasteiger partial charge in [-0.05, 0) is 33.2 Å². The van der Waals surface area contributed by atoms with Gasteiger partial charge in [0.05, 0.1) is 6.10 Å². The van der Waals surface area contributed by atoms with Gasteiger partial charge in [-0.1, -0.05) is 6.92 Å². The second kappa shape index (κ2) is 2.76. The standard InChI is InChI=1S/C9H19NO/c1-7-5-8(11)9(2,3)10(4)6-7/h7-8,11H,5-6H2,1-4H3/t7-,8-/m1/s1. The van der Waals surface area contributed by atoms with Crippen LogP contribution in [0.5, 0.6) is 0 Å². The van der Waals surface area contributed by atoms with Crippen molar-refractivity contribution in [1.82, 2.24) is 4.90 Å². The topological polar surface area (TPSA) is 23.5 Å². The molecule has 0 saturated carbocycles. The number of hydrogen-bond acceptors (Lipinski definition) is 2. The zero-order chi connectivity index (χ0) is 8.65. The van der Waals surface area contributed by atoms with Crippen molar-refractivity contribution in [1.29, 1.82) is 0 Å². The molecule has 0 bridgehead atoms. The number of nitrogens with zero attached hydrogens (tertiary/aromatic N) is 1. The lowest BCUT2D eigenvalue weighted by molar-refractivity contribution is -0.0488. The largest absolute Gasteiger partial charge is 0.391 e. The van der Waals surface area contributed by atoms with Crippen LogP contribution in [0.15, 0.2) is 0 Å². The molecule has 2 nitrogen and oxygen atoms in total. The summed E-state index contributed by atoms with van der Waals surface area (Å²) in [6.45, 7) is 7.49. The minimum absolute atomic E-state index is 0.0352. The van der Waals surface area contributed by atoms with E-state index < -0.39 is 0 Å². The first-order valence-corrected chi connectivity index (χ1v) is 4.34. The Kier molecular flexibility index (Phi) is 2.26. The summed E-state index contributed by atoms with van der Waals surface area (Å²) in [6, 6.07) is 0. The molecule has 1 rings (SSSR count). The summed E-state index contributed by atoms with van der Waals surface area (Å²) in [4.78, 5) is 2.24. The molecular weight excluding hydrogens is 138 g/mol. The van der Waals surface area contributed by atoms with Gasteiger partial charge in [0.2, 0.25) is 0 Å². The zero-order valence-corrected chi connectivity index (χ0v) is 7.96. The van der Waals surface area contributed by atoms with Crippen LogP contribution in [0.2, 0.25) is 0 Å². The molecule has 0 spiro atoms. The maximum Gasteiger partial charge on any atom is 0.0721 e. The fourth-order valence-electron chi connectivity index (χ4n) is 1.70. The number of hydrogen-bond donors (Lipinski definition) is 1. The average Bonchev–Trinajstić information content (AvgIpc) is 1.84. The molecule has 0 aromatic carbocycles. The van der Waals surface area contributed by atoms with Crippen LogP contribution < -0.4 is 0 Å². The van der Waals surface area contributed by atoms with Gasteiger partial charge in [0.1, 0.15) is 0 Å². The Morgan fingerprint density at radius 3 is 2.45 bits per heavy atom. The van der Waals surface area contributed by atoms with E-state index in [-0.39, 0.29) is 11.6 Å². The second-order valence-electron chi connectivity index (χ2n) is 4.39. The molecule has 2 heteroatoms. The third kappa shape index (κ3) is 1.57. The molecule has 1 N–H and O–H groups in total. The minimum atomic E-state index is -0.170. The molecule has 1 aliphatic rings. The SMILES string of the molecule is C[C@@H]1C[C@@H](O)C(C)(C)N(C)C1. The summed E-state index contributed by atoms with van der Waals surface area (Å²) in [5.74, 6) is 0.628. The molecule has 66 valence electrons. The third-order valence-electron chi connectivity index (χ3n) is 3.01. The quantitative estimate of drug-likeness (QED) is 0.569. The molecule has 1 aliphatic heterocycles. The van der Waals surface area contributed by atoms with Gasteiger partial charge in [0, 0.05) is 12.1 Å². The molecule has 0 aromatic rings. The fourth-order valence-corrected chi connectivity index (χ4v) is 1.70. The molecule has 0 unspecified atom stereocenters. The Bertz CT molecular complexity index is 130. The van der Waals surface area contributed by atoms with Crippen LogP contribution in [0.3, 0.4) is 0 Å². The third-order valence-corrected chi connectivity index (χ3v) is 3.01. The Balaban J connectivity index is 2.67. The van der Waals surface area contributed by atoms with Crippen molar-refractivity contribution in [2.24, 2.45) is 5.92 Å². The molecular formula is C9H19NO. The highest BCUT2D eigenvalue weighted by Crippen LogP contribution is 2.28. The van der Waals surface area contributed by atoms with E-state index in [1.807, 2.05) is 0 Å². The molecule has 0 radical (unpaired) electrons. The van der Waals surface area contributed by atoms with E-state index in [0.717, 1.165) is 13.0 Å². The molecule has 2 atom stereocenters. The maximum atomic E-state index is 9.74. The van der Waals surface area contributed by atoms with Gasteiger partial charge >= 0.3 is 0 Å². The first-order chi connectivity index (χ1) is 4.94. The molecule has 0 amide bonds. The van der Waals surface area contributed by atoms with Gasteiger partial charge in [-0.15, -0.1) is 0 Å². The molecule has 0 aliphatic carbocycles. The lowest BCUT2D eigenvalue weighted by atomic mass is 9.83. The van der Waals surface area contributed by atoms with E-state index in [0.29, 0.717) is 5.92 Å². The summed E-state index contributed by atoms with van der Waals surface area (Å²) < 4.78 is 0. The van der Waals surface area contributed by atoms with Gasteiger partial charge in [0.15, 0.2) is 0 Å². The van der Waals surface area contributed by atoms with Crippen molar-refractivity contribution in [2.45, 2.75) is 38.8 Å². The predicted octanol–water partition coefficient (Wildman–Crippen LogP) is 1.10. The van der Waals surface area contributed by atoms with Gasteiger partial charge < -0.3 is 5.11 Å². The van der Waals surface area contributed by atoms with Crippen molar-refractivity contribution < 1.29 is 5.11 Å². The molecule has 1 saturated heterocycles. The fraction of sp³-hybridized carbons (Fsp3) is 1.00. The smallest absolute Gasteiger partial charge is 0.0721 e. The van der Waals surface area contributed by atoms with E-state index in [9.17, 15) is 5.11 Å². The molecule has 1 heterocycles. The minimum Gasteiger partial charge on any atom is -0.391 e. The summed E-state index contributed by atoms with van der Waals surface area (Å²) >= 11 is 0. The Labute approximate surface area is 69.2 Å². The van der Waals surface area contributed by atoms with Gasteiger partial charge in [0.25, 0.3) is 0 Å². The number of aliphatic hydroxyl groups excluding tert-OH is 1. The van der Waals surface area contributed by atoms with Crippen LogP contribution in [0.1, 0.15) is 27.2 Å². The van der Waals surface area contributed by atoms with Gasteiger partial charge in [-0.2, -0.15) is 0 Å². The van der Waals surface area contributed by atoms with E-state index in [1.165, 1.54) is 0 Å². The summed E-state index contributed by atoms with van der Waals surface area (Å²) in [6.07, 6.45) is 0.772. The maximum absolute atomic E-state index is 9.74. The van der Waals surface area contributed by atoms with E-state index in [2.05, 4.69) is 32.7 Å². The van der Waals surface area contributed by atoms with Crippen LogP contribution in [-0.4, -0.2) is 35.2 Å². The molecule has 0 aromatic heterocycles. The predicted molar refractivity (Wildman–Crippen MR) is 46.5 cm³/mol. The second-order valence-corrected chi connectivity index (χ2v) is 4.39. The lowest BCUT2D eigenvalue weighted by Crippen LogP contribution is -2.56. The average molecular weight is 157 g/mol. The van der Waals surface area contributed by atoms with Gasteiger partial charge in [-0.3, -0.25) is 4.90 Å². The van der Waals surface area contributed by atoms with Crippen LogP contribution >= 0.6 is 0 Å². The van der Waals surface area contributed by atoms with Crippen LogP contribution in [0.25, 0.3) is 0 Å². The summed E-state index contributed by atoms with van der Waals surface area (Å²) in [5.41, 5.74) is -0.0352. The van der Waals surface area contributed by atoms with E-state index in [1.54, 1.807) is 0 Å². The number of aliphatic hydroxyl groups is 1. The Morgan fingerprint density at radius 1 is 1.45 bits per heavy atom. The van der Waals surface area contributed by atoms with Crippen molar-refractivity contribution in [3.8, 4) is 0 Å². The van der Waals surface area contributed by atoms with Crippen LogP contribution in [0, 0.1) is 5.92 Å². The van der Waals surface area contributed by atoms with Crippen molar-refractivity contribution in [3.63, 3.8) is 0 Å². The lowest BCUT2D eigenvalue weighted by Gasteiger charge is -2.46.